The molecular weight excluding hydrogens is 312 g/mol. The average Bonchev–Trinajstić information content (AvgIpc) is 3.10. The van der Waals surface area contributed by atoms with Crippen molar-refractivity contribution in [3.8, 4) is 0 Å². The van der Waals surface area contributed by atoms with E-state index in [9.17, 15) is 4.79 Å². The van der Waals surface area contributed by atoms with Crippen LogP contribution in [-0.4, -0.2) is 46.5 Å². The number of rotatable bonds is 6. The molecule has 0 unspecified atom stereocenters. The Hall–Kier alpha value is -2.40. The lowest BCUT2D eigenvalue weighted by molar-refractivity contribution is 0.175. The van der Waals surface area contributed by atoms with Crippen molar-refractivity contribution in [1.82, 2.24) is 14.8 Å². The molecule has 1 fully saturated rings. The van der Waals surface area contributed by atoms with Gasteiger partial charge in [-0.2, -0.15) is 0 Å². The molecule has 0 spiro atoms. The Morgan fingerprint density at radius 3 is 2.72 bits per heavy atom. The maximum absolute atomic E-state index is 12.9. The average molecular weight is 338 g/mol. The summed E-state index contributed by atoms with van der Waals surface area (Å²) in [7, 11) is 0. The van der Waals surface area contributed by atoms with Crippen LogP contribution in [0.5, 0.6) is 0 Å². The molecule has 1 aliphatic rings. The zero-order valence-electron chi connectivity index (χ0n) is 14.8. The molecule has 1 saturated heterocycles. The fraction of sp³-hybridized carbons (Fsp3) is 0.400. The number of para-hydroxylation sites is 1. The van der Waals surface area contributed by atoms with Crippen LogP contribution in [0.15, 0.2) is 54.9 Å². The molecule has 2 heterocycles. The number of likely N-dealkylation sites (N-methyl/N-ethyl adjacent to an activating group) is 1. The number of pyridine rings is 1. The number of urea groups is 1. The highest BCUT2D eigenvalue weighted by Crippen LogP contribution is 2.19. The molecule has 3 rings (SSSR count). The Morgan fingerprint density at radius 1 is 1.24 bits per heavy atom. The third kappa shape index (κ3) is 4.79. The van der Waals surface area contributed by atoms with Crippen LogP contribution in [0.2, 0.25) is 0 Å². The first kappa shape index (κ1) is 17.4. The molecule has 0 aliphatic carbocycles. The molecule has 5 heteroatoms. The number of likely N-dealkylation sites (tertiary alicyclic amines) is 1. The van der Waals surface area contributed by atoms with Crippen LogP contribution in [-0.2, 0) is 6.54 Å². The van der Waals surface area contributed by atoms with Crippen molar-refractivity contribution < 1.29 is 4.79 Å². The lowest BCUT2D eigenvalue weighted by Crippen LogP contribution is -2.44. The number of carbonyl (C=O) groups excluding carboxylic acids is 1. The molecule has 0 radical (unpaired) electrons. The molecule has 1 aliphatic heterocycles. The summed E-state index contributed by atoms with van der Waals surface area (Å²) in [6, 6.07) is 14.0. The van der Waals surface area contributed by atoms with Crippen molar-refractivity contribution in [1.29, 1.82) is 0 Å². The summed E-state index contributed by atoms with van der Waals surface area (Å²) < 4.78 is 0. The van der Waals surface area contributed by atoms with Crippen molar-refractivity contribution in [2.24, 2.45) is 0 Å². The van der Waals surface area contributed by atoms with Gasteiger partial charge in [0.05, 0.1) is 0 Å². The highest BCUT2D eigenvalue weighted by Gasteiger charge is 2.27. The number of carbonyl (C=O) groups is 1. The van der Waals surface area contributed by atoms with Gasteiger partial charge in [0.2, 0.25) is 0 Å². The second-order valence-electron chi connectivity index (χ2n) is 6.46. The van der Waals surface area contributed by atoms with Gasteiger partial charge in [0.25, 0.3) is 0 Å². The van der Waals surface area contributed by atoms with Crippen LogP contribution < -0.4 is 5.32 Å². The monoisotopic (exact) mass is 338 g/mol. The maximum Gasteiger partial charge on any atom is 0.322 e. The Labute approximate surface area is 149 Å². The Balaban J connectivity index is 1.72. The SMILES string of the molecule is CCN1CCC[C@H]1CN(Cc1ccncc1)C(=O)Nc1ccccc1. The predicted molar refractivity (Wildman–Crippen MR) is 100 cm³/mol. The summed E-state index contributed by atoms with van der Waals surface area (Å²) in [6.45, 7) is 5.69. The quantitative estimate of drug-likeness (QED) is 0.875. The third-order valence-electron chi connectivity index (χ3n) is 4.77. The summed E-state index contributed by atoms with van der Waals surface area (Å²) in [6.07, 6.45) is 5.91. The molecule has 1 aromatic carbocycles. The maximum atomic E-state index is 12.9. The summed E-state index contributed by atoms with van der Waals surface area (Å²) in [5.41, 5.74) is 1.92. The first-order valence-corrected chi connectivity index (χ1v) is 9.00. The number of hydrogen-bond acceptors (Lipinski definition) is 3. The molecular formula is C20H26N4O. The number of nitrogens with one attached hydrogen (secondary N) is 1. The Kier molecular flexibility index (Phi) is 6.01. The molecule has 1 N–H and O–H groups in total. The van der Waals surface area contributed by atoms with Crippen LogP contribution in [0.25, 0.3) is 0 Å². The van der Waals surface area contributed by atoms with Crippen LogP contribution >= 0.6 is 0 Å². The van der Waals surface area contributed by atoms with Gasteiger partial charge < -0.3 is 10.2 Å². The molecule has 2 aromatic rings. The van der Waals surface area contributed by atoms with Crippen molar-refractivity contribution in [2.45, 2.75) is 32.4 Å². The van der Waals surface area contributed by atoms with Gasteiger partial charge in [-0.1, -0.05) is 25.1 Å². The van der Waals surface area contributed by atoms with Crippen LogP contribution in [0.3, 0.4) is 0 Å². The Bertz CT molecular complexity index is 662. The summed E-state index contributed by atoms with van der Waals surface area (Å²) in [5, 5.41) is 3.02. The van der Waals surface area contributed by atoms with Crippen molar-refractivity contribution in [3.63, 3.8) is 0 Å². The highest BCUT2D eigenvalue weighted by atomic mass is 16.2. The molecule has 5 nitrogen and oxygen atoms in total. The molecule has 0 bridgehead atoms. The van der Waals surface area contributed by atoms with Gasteiger partial charge in [0.1, 0.15) is 0 Å². The van der Waals surface area contributed by atoms with Crippen molar-refractivity contribution in [2.75, 3.05) is 25.0 Å². The van der Waals surface area contributed by atoms with Crippen molar-refractivity contribution >= 4 is 11.7 Å². The van der Waals surface area contributed by atoms with Gasteiger partial charge in [-0.25, -0.2) is 4.79 Å². The molecule has 25 heavy (non-hydrogen) atoms. The standard InChI is InChI=1S/C20H26N4O/c1-2-23-14-6-9-19(23)16-24(15-17-10-12-21-13-11-17)20(25)22-18-7-4-3-5-8-18/h3-5,7-8,10-13,19H,2,6,9,14-16H2,1H3,(H,22,25)/t19-/m0/s1. The predicted octanol–water partition coefficient (Wildman–Crippen LogP) is 3.60. The largest absolute Gasteiger partial charge is 0.322 e. The molecule has 132 valence electrons. The minimum Gasteiger partial charge on any atom is -0.319 e. The normalized spacial score (nSPS) is 17.4. The van der Waals surface area contributed by atoms with E-state index < -0.39 is 0 Å². The van der Waals surface area contributed by atoms with Crippen LogP contribution in [0, 0.1) is 0 Å². The van der Waals surface area contributed by atoms with Gasteiger partial charge in [-0.05, 0) is 55.8 Å². The zero-order chi connectivity index (χ0) is 17.5. The summed E-state index contributed by atoms with van der Waals surface area (Å²) >= 11 is 0. The number of nitrogens with zero attached hydrogens (tertiary/aromatic N) is 3. The van der Waals surface area contributed by atoms with Crippen LogP contribution in [0.1, 0.15) is 25.3 Å². The summed E-state index contributed by atoms with van der Waals surface area (Å²) in [4.78, 5) is 21.3. The molecule has 1 atom stereocenters. The van der Waals surface area contributed by atoms with Gasteiger partial charge >= 0.3 is 6.03 Å². The topological polar surface area (TPSA) is 48.5 Å². The first-order valence-electron chi connectivity index (χ1n) is 9.00. The Morgan fingerprint density at radius 2 is 2.00 bits per heavy atom. The number of anilines is 1. The number of amides is 2. The fourth-order valence-electron chi connectivity index (χ4n) is 3.42. The van der Waals surface area contributed by atoms with E-state index >= 15 is 0 Å². The number of hydrogen-bond donors (Lipinski definition) is 1. The van der Waals surface area contributed by atoms with E-state index in [2.05, 4.69) is 22.1 Å². The smallest absolute Gasteiger partial charge is 0.319 e. The first-order chi connectivity index (χ1) is 12.3. The van der Waals surface area contributed by atoms with Gasteiger partial charge in [-0.3, -0.25) is 9.88 Å². The fourth-order valence-corrected chi connectivity index (χ4v) is 3.42. The highest BCUT2D eigenvalue weighted by molar-refractivity contribution is 5.89. The molecule has 2 amide bonds. The van der Waals surface area contributed by atoms with Crippen LogP contribution in [0.4, 0.5) is 10.5 Å². The second-order valence-corrected chi connectivity index (χ2v) is 6.46. The minimum absolute atomic E-state index is 0.0500. The molecule has 0 saturated carbocycles. The van der Waals surface area contributed by atoms with Gasteiger partial charge in [0, 0.05) is 37.2 Å². The lowest BCUT2D eigenvalue weighted by atomic mass is 10.2. The van der Waals surface area contributed by atoms with Crippen molar-refractivity contribution in [3.05, 3.63) is 60.4 Å². The second kappa shape index (κ2) is 8.62. The van der Waals surface area contributed by atoms with E-state index in [1.54, 1.807) is 12.4 Å². The zero-order valence-corrected chi connectivity index (χ0v) is 14.8. The van der Waals surface area contributed by atoms with Gasteiger partial charge in [0.15, 0.2) is 0 Å². The number of aromatic nitrogens is 1. The van der Waals surface area contributed by atoms with E-state index in [1.165, 1.54) is 6.42 Å². The van der Waals surface area contributed by atoms with E-state index in [-0.39, 0.29) is 6.03 Å². The minimum atomic E-state index is -0.0500. The molecule has 1 aromatic heterocycles. The van der Waals surface area contributed by atoms with Gasteiger partial charge in [-0.15, -0.1) is 0 Å². The summed E-state index contributed by atoms with van der Waals surface area (Å²) in [5.74, 6) is 0. The van der Waals surface area contributed by atoms with E-state index in [0.717, 1.165) is 37.3 Å². The third-order valence-corrected chi connectivity index (χ3v) is 4.77. The van der Waals surface area contributed by atoms with E-state index in [1.807, 2.05) is 47.4 Å². The number of benzene rings is 1. The van der Waals surface area contributed by atoms with E-state index in [4.69, 9.17) is 0 Å². The van der Waals surface area contributed by atoms with E-state index in [0.29, 0.717) is 12.6 Å². The lowest BCUT2D eigenvalue weighted by Gasteiger charge is -2.30.